The normalized spacial score (nSPS) is 20.0. The predicted molar refractivity (Wildman–Crippen MR) is 112 cm³/mol. The van der Waals surface area contributed by atoms with E-state index in [2.05, 4.69) is 14.8 Å². The molecule has 2 fully saturated rings. The van der Waals surface area contributed by atoms with Crippen molar-refractivity contribution in [3.8, 4) is 10.6 Å². The second-order valence-electron chi connectivity index (χ2n) is 8.18. The highest BCUT2D eigenvalue weighted by molar-refractivity contribution is 7.13. The Hall–Kier alpha value is -1.48. The third-order valence-electron chi connectivity index (χ3n) is 6.06. The molecular weight excluding hydrogens is 411 g/mol. The summed E-state index contributed by atoms with van der Waals surface area (Å²) in [5.74, 6) is 0.794. The molecule has 0 saturated carbocycles. The van der Waals surface area contributed by atoms with Crippen LogP contribution in [0.5, 0.6) is 0 Å². The van der Waals surface area contributed by atoms with Crippen molar-refractivity contribution < 1.29 is 17.9 Å². The standard InChI is InChI=1S/C22H28F3N3OS/c23-22(24,25)19-3-1-18(2-4-19)21-26-20(16-30-21)15-28-9-6-17(7-10-28)5-8-27-11-13-29-14-12-27/h1-4,16-17H,5-15H2. The Morgan fingerprint density at radius 2 is 1.70 bits per heavy atom. The van der Waals surface area contributed by atoms with E-state index >= 15 is 0 Å². The molecule has 0 spiro atoms. The third kappa shape index (κ3) is 5.81. The maximum Gasteiger partial charge on any atom is 0.416 e. The van der Waals surface area contributed by atoms with Gasteiger partial charge in [-0.05, 0) is 56.9 Å². The summed E-state index contributed by atoms with van der Waals surface area (Å²) in [6, 6.07) is 5.26. The Morgan fingerprint density at radius 3 is 2.37 bits per heavy atom. The fourth-order valence-corrected chi connectivity index (χ4v) is 4.98. The molecule has 3 heterocycles. The fraction of sp³-hybridized carbons (Fsp3) is 0.591. The molecule has 4 nitrogen and oxygen atoms in total. The van der Waals surface area contributed by atoms with E-state index in [9.17, 15) is 13.2 Å². The van der Waals surface area contributed by atoms with Crippen LogP contribution in [0.1, 0.15) is 30.5 Å². The highest BCUT2D eigenvalue weighted by atomic mass is 32.1. The maximum atomic E-state index is 12.7. The molecule has 2 saturated heterocycles. The number of ether oxygens (including phenoxy) is 1. The van der Waals surface area contributed by atoms with Gasteiger partial charge in [-0.15, -0.1) is 11.3 Å². The number of aromatic nitrogens is 1. The lowest BCUT2D eigenvalue weighted by molar-refractivity contribution is -0.137. The van der Waals surface area contributed by atoms with E-state index in [4.69, 9.17) is 4.74 Å². The van der Waals surface area contributed by atoms with Crippen molar-refractivity contribution in [1.29, 1.82) is 0 Å². The lowest BCUT2D eigenvalue weighted by Gasteiger charge is -2.33. The molecule has 2 aliphatic rings. The Morgan fingerprint density at radius 1 is 1.00 bits per heavy atom. The number of rotatable bonds is 6. The Kier molecular flexibility index (Phi) is 7.08. The maximum absolute atomic E-state index is 12.7. The number of benzene rings is 1. The van der Waals surface area contributed by atoms with Gasteiger partial charge < -0.3 is 4.74 Å². The van der Waals surface area contributed by atoms with Crippen molar-refractivity contribution >= 4 is 11.3 Å². The summed E-state index contributed by atoms with van der Waals surface area (Å²) in [4.78, 5) is 9.61. The largest absolute Gasteiger partial charge is 0.416 e. The zero-order valence-electron chi connectivity index (χ0n) is 17.0. The number of thiazole rings is 1. The number of morpholine rings is 1. The summed E-state index contributed by atoms with van der Waals surface area (Å²) in [5.41, 5.74) is 1.11. The number of nitrogens with zero attached hydrogens (tertiary/aromatic N) is 3. The smallest absolute Gasteiger partial charge is 0.379 e. The van der Waals surface area contributed by atoms with E-state index in [1.165, 1.54) is 49.3 Å². The molecule has 0 bridgehead atoms. The average Bonchev–Trinajstić information content (AvgIpc) is 3.22. The van der Waals surface area contributed by atoms with E-state index in [1.54, 1.807) is 0 Å². The molecule has 30 heavy (non-hydrogen) atoms. The molecule has 0 atom stereocenters. The number of halogens is 3. The number of piperidine rings is 1. The molecule has 4 rings (SSSR count). The molecule has 0 radical (unpaired) electrons. The molecule has 8 heteroatoms. The lowest BCUT2D eigenvalue weighted by Crippen LogP contribution is -2.39. The van der Waals surface area contributed by atoms with Gasteiger partial charge in [0.2, 0.25) is 0 Å². The highest BCUT2D eigenvalue weighted by Gasteiger charge is 2.30. The SMILES string of the molecule is FC(F)(F)c1ccc(-c2nc(CN3CCC(CCN4CCOCC4)CC3)cs2)cc1. The second-order valence-corrected chi connectivity index (χ2v) is 9.04. The number of hydrogen-bond acceptors (Lipinski definition) is 5. The van der Waals surface area contributed by atoms with Crippen LogP contribution in [0.4, 0.5) is 13.2 Å². The van der Waals surface area contributed by atoms with Gasteiger partial charge in [0.05, 0.1) is 24.5 Å². The number of hydrogen-bond donors (Lipinski definition) is 0. The Balaban J connectivity index is 1.23. The van der Waals surface area contributed by atoms with Crippen LogP contribution in [0.15, 0.2) is 29.6 Å². The van der Waals surface area contributed by atoms with E-state index in [-0.39, 0.29) is 0 Å². The minimum atomic E-state index is -4.30. The monoisotopic (exact) mass is 439 g/mol. The summed E-state index contributed by atoms with van der Waals surface area (Å²) < 4.78 is 43.6. The van der Waals surface area contributed by atoms with Crippen LogP contribution in [-0.4, -0.2) is 60.7 Å². The van der Waals surface area contributed by atoms with Crippen molar-refractivity contribution in [3.63, 3.8) is 0 Å². The molecule has 0 unspecified atom stereocenters. The van der Waals surface area contributed by atoms with Crippen LogP contribution in [0.25, 0.3) is 10.6 Å². The first-order chi connectivity index (χ1) is 14.5. The van der Waals surface area contributed by atoms with Crippen molar-refractivity contribution in [3.05, 3.63) is 40.9 Å². The molecule has 0 aliphatic carbocycles. The highest BCUT2D eigenvalue weighted by Crippen LogP contribution is 2.32. The van der Waals surface area contributed by atoms with E-state index in [0.717, 1.165) is 80.3 Å². The average molecular weight is 440 g/mol. The van der Waals surface area contributed by atoms with Gasteiger partial charge in [-0.25, -0.2) is 4.98 Å². The molecule has 0 amide bonds. The Bertz CT molecular complexity index is 795. The number of alkyl halides is 3. The van der Waals surface area contributed by atoms with Crippen LogP contribution >= 0.6 is 11.3 Å². The first-order valence-electron chi connectivity index (χ1n) is 10.6. The minimum Gasteiger partial charge on any atom is -0.379 e. The quantitative estimate of drug-likeness (QED) is 0.649. The van der Waals surface area contributed by atoms with Gasteiger partial charge in [-0.1, -0.05) is 12.1 Å². The van der Waals surface area contributed by atoms with Crippen molar-refractivity contribution in [2.45, 2.75) is 32.0 Å². The van der Waals surface area contributed by atoms with Crippen LogP contribution in [0.2, 0.25) is 0 Å². The summed E-state index contributed by atoms with van der Waals surface area (Å²) in [7, 11) is 0. The third-order valence-corrected chi connectivity index (χ3v) is 7.00. The minimum absolute atomic E-state index is 0.625. The van der Waals surface area contributed by atoms with Gasteiger partial charge in [-0.2, -0.15) is 13.2 Å². The van der Waals surface area contributed by atoms with E-state index in [0.29, 0.717) is 0 Å². The van der Waals surface area contributed by atoms with E-state index in [1.807, 2.05) is 5.38 Å². The first-order valence-corrected chi connectivity index (χ1v) is 11.5. The summed E-state index contributed by atoms with van der Waals surface area (Å²) in [6.07, 6.45) is -0.593. The van der Waals surface area contributed by atoms with E-state index < -0.39 is 11.7 Å². The fourth-order valence-electron chi connectivity index (χ4n) is 4.17. The van der Waals surface area contributed by atoms with Crippen LogP contribution < -0.4 is 0 Å². The summed E-state index contributed by atoms with van der Waals surface area (Å²) in [5, 5.41) is 2.80. The number of likely N-dealkylation sites (tertiary alicyclic amines) is 1. The molecule has 2 aromatic rings. The summed E-state index contributed by atoms with van der Waals surface area (Å²) in [6.45, 7) is 8.00. The Labute approximate surface area is 179 Å². The van der Waals surface area contributed by atoms with Crippen LogP contribution in [0.3, 0.4) is 0 Å². The van der Waals surface area contributed by atoms with Gasteiger partial charge in [-0.3, -0.25) is 9.80 Å². The zero-order chi connectivity index (χ0) is 21.0. The van der Waals surface area contributed by atoms with Crippen molar-refractivity contribution in [2.75, 3.05) is 45.9 Å². The van der Waals surface area contributed by atoms with Gasteiger partial charge in [0.15, 0.2) is 0 Å². The molecular formula is C22H28F3N3OS. The first kappa shape index (κ1) is 21.7. The molecule has 1 aromatic carbocycles. The van der Waals surface area contributed by atoms with Crippen LogP contribution in [-0.2, 0) is 17.5 Å². The topological polar surface area (TPSA) is 28.6 Å². The predicted octanol–water partition coefficient (Wildman–Crippen LogP) is 4.76. The van der Waals surface area contributed by atoms with Crippen LogP contribution in [0, 0.1) is 5.92 Å². The second kappa shape index (κ2) is 9.77. The molecule has 1 aromatic heterocycles. The van der Waals surface area contributed by atoms with Crippen molar-refractivity contribution in [2.24, 2.45) is 5.92 Å². The van der Waals surface area contributed by atoms with Gasteiger partial charge in [0, 0.05) is 30.6 Å². The zero-order valence-corrected chi connectivity index (χ0v) is 17.9. The van der Waals surface area contributed by atoms with Crippen molar-refractivity contribution in [1.82, 2.24) is 14.8 Å². The van der Waals surface area contributed by atoms with Gasteiger partial charge in [0.25, 0.3) is 0 Å². The van der Waals surface area contributed by atoms with Gasteiger partial charge in [0.1, 0.15) is 5.01 Å². The summed E-state index contributed by atoms with van der Waals surface area (Å²) >= 11 is 1.49. The van der Waals surface area contributed by atoms with Gasteiger partial charge >= 0.3 is 6.18 Å². The molecule has 2 aliphatic heterocycles. The lowest BCUT2D eigenvalue weighted by atomic mass is 9.93. The molecule has 0 N–H and O–H groups in total. The molecule has 164 valence electrons.